The van der Waals surface area contributed by atoms with E-state index in [1.54, 1.807) is 25.2 Å². The van der Waals surface area contributed by atoms with E-state index in [4.69, 9.17) is 25.8 Å². The predicted molar refractivity (Wildman–Crippen MR) is 152 cm³/mol. The van der Waals surface area contributed by atoms with Gasteiger partial charge in [-0.1, -0.05) is 17.7 Å². The number of aromatic carboxylic acids is 1. The number of rotatable bonds is 8. The van der Waals surface area contributed by atoms with Crippen LogP contribution in [0.3, 0.4) is 0 Å². The first-order valence-electron chi connectivity index (χ1n) is 13.1. The molecular weight excluding hydrogens is 587 g/mol. The van der Waals surface area contributed by atoms with Crippen LogP contribution in [-0.2, 0) is 24.8 Å². The summed E-state index contributed by atoms with van der Waals surface area (Å²) in [5.74, 6) is -2.22. The third kappa shape index (κ3) is 7.25. The minimum atomic E-state index is -1.26. The van der Waals surface area contributed by atoms with Gasteiger partial charge >= 0.3 is 5.97 Å². The van der Waals surface area contributed by atoms with Crippen LogP contribution in [-0.4, -0.2) is 38.8 Å². The highest BCUT2D eigenvalue weighted by Crippen LogP contribution is 2.27. The van der Waals surface area contributed by atoms with E-state index in [1.165, 1.54) is 47.5 Å². The molecule has 0 spiro atoms. The van der Waals surface area contributed by atoms with E-state index in [0.717, 1.165) is 25.3 Å². The van der Waals surface area contributed by atoms with Crippen molar-refractivity contribution in [2.24, 2.45) is 7.05 Å². The molecular formula is C31H25ClF3N3O5. The lowest BCUT2D eigenvalue weighted by atomic mass is 10.1. The fraction of sp³-hybridized carbons (Fsp3) is 0.194. The number of hydrogen-bond acceptors (Lipinski definition) is 6. The Morgan fingerprint density at radius 1 is 1.00 bits per heavy atom. The van der Waals surface area contributed by atoms with Gasteiger partial charge in [-0.15, -0.1) is 0 Å². The number of nitrogens with zero attached hydrogens (tertiary/aromatic N) is 3. The van der Waals surface area contributed by atoms with Crippen LogP contribution in [0.1, 0.15) is 33.9 Å². The SMILES string of the molecule is C1COC1.Cn1c(Cc2ccc(Oc3ccnc(COc4ccc(Cl)cc4F)c3)cc2F)nc2c(F)cc(C(=O)O)cc21. The highest BCUT2D eigenvalue weighted by Gasteiger charge is 2.17. The summed E-state index contributed by atoms with van der Waals surface area (Å²) in [5.41, 5.74) is 0.839. The summed E-state index contributed by atoms with van der Waals surface area (Å²) in [6, 6.07) is 13.8. The summed E-state index contributed by atoms with van der Waals surface area (Å²) in [6.45, 7) is 1.97. The molecule has 0 bridgehead atoms. The summed E-state index contributed by atoms with van der Waals surface area (Å²) in [5, 5.41) is 9.45. The molecule has 0 amide bonds. The first kappa shape index (κ1) is 29.9. The third-order valence-corrected chi connectivity index (χ3v) is 6.76. The molecule has 0 saturated carbocycles. The molecule has 3 heterocycles. The molecule has 2 aromatic heterocycles. The number of pyridine rings is 1. The van der Waals surface area contributed by atoms with Crippen molar-refractivity contribution in [1.29, 1.82) is 0 Å². The van der Waals surface area contributed by atoms with E-state index in [1.807, 2.05) is 0 Å². The second-order valence-corrected chi connectivity index (χ2v) is 10.00. The van der Waals surface area contributed by atoms with Gasteiger partial charge in [0.25, 0.3) is 0 Å². The van der Waals surface area contributed by atoms with E-state index < -0.39 is 23.4 Å². The van der Waals surface area contributed by atoms with E-state index in [0.29, 0.717) is 22.8 Å². The number of imidazole rings is 1. The van der Waals surface area contributed by atoms with Gasteiger partial charge in [-0.25, -0.2) is 22.9 Å². The summed E-state index contributed by atoms with van der Waals surface area (Å²) in [7, 11) is 1.61. The third-order valence-electron chi connectivity index (χ3n) is 6.52. The van der Waals surface area contributed by atoms with Crippen LogP contribution in [0.15, 0.2) is 66.9 Å². The quantitative estimate of drug-likeness (QED) is 0.200. The van der Waals surface area contributed by atoms with Crippen LogP contribution in [0, 0.1) is 17.5 Å². The highest BCUT2D eigenvalue weighted by molar-refractivity contribution is 6.30. The summed E-state index contributed by atoms with van der Waals surface area (Å²) < 4.78 is 60.8. The van der Waals surface area contributed by atoms with E-state index in [9.17, 15) is 23.1 Å². The smallest absolute Gasteiger partial charge is 0.335 e. The van der Waals surface area contributed by atoms with Crippen LogP contribution in [0.4, 0.5) is 13.2 Å². The summed E-state index contributed by atoms with van der Waals surface area (Å²) in [4.78, 5) is 19.7. The number of fused-ring (bicyclic) bond motifs is 1. The van der Waals surface area contributed by atoms with Gasteiger partial charge < -0.3 is 23.9 Å². The first-order valence-corrected chi connectivity index (χ1v) is 13.5. The number of aryl methyl sites for hydroxylation is 1. The Balaban J connectivity index is 0.000000850. The van der Waals surface area contributed by atoms with Crippen molar-refractivity contribution < 1.29 is 37.3 Å². The monoisotopic (exact) mass is 611 g/mol. The molecule has 12 heteroatoms. The van der Waals surface area contributed by atoms with Gasteiger partial charge in [0.2, 0.25) is 0 Å². The molecule has 1 fully saturated rings. The van der Waals surface area contributed by atoms with E-state index in [2.05, 4.69) is 9.97 Å². The molecule has 0 atom stereocenters. The average Bonchev–Trinajstić information content (AvgIpc) is 3.24. The van der Waals surface area contributed by atoms with Gasteiger partial charge in [-0.2, -0.15) is 0 Å². The first-order chi connectivity index (χ1) is 20.7. The number of ether oxygens (including phenoxy) is 3. The van der Waals surface area contributed by atoms with Gasteiger partial charge in [-0.3, -0.25) is 4.98 Å². The van der Waals surface area contributed by atoms with Crippen LogP contribution < -0.4 is 9.47 Å². The molecule has 222 valence electrons. The summed E-state index contributed by atoms with van der Waals surface area (Å²) >= 11 is 5.75. The van der Waals surface area contributed by atoms with Crippen molar-refractivity contribution in [3.63, 3.8) is 0 Å². The summed E-state index contributed by atoms with van der Waals surface area (Å²) in [6.07, 6.45) is 2.80. The lowest BCUT2D eigenvalue weighted by Crippen LogP contribution is -2.09. The van der Waals surface area contributed by atoms with Gasteiger partial charge in [0.05, 0.1) is 16.8 Å². The molecule has 0 aliphatic carbocycles. The zero-order valence-electron chi connectivity index (χ0n) is 22.8. The second kappa shape index (κ2) is 13.1. The Bertz CT molecular complexity index is 1790. The molecule has 1 N–H and O–H groups in total. The predicted octanol–water partition coefficient (Wildman–Crippen LogP) is 7.11. The number of carbonyl (C=O) groups is 1. The zero-order chi connectivity index (χ0) is 30.5. The zero-order valence-corrected chi connectivity index (χ0v) is 23.6. The molecule has 1 aliphatic rings. The van der Waals surface area contributed by atoms with Crippen LogP contribution >= 0.6 is 11.6 Å². The second-order valence-electron chi connectivity index (χ2n) is 9.56. The van der Waals surface area contributed by atoms with Gasteiger partial charge in [0, 0.05) is 50.0 Å². The molecule has 8 nitrogen and oxygen atoms in total. The molecule has 1 aliphatic heterocycles. The van der Waals surface area contributed by atoms with Gasteiger partial charge in [0.1, 0.15) is 35.3 Å². The molecule has 1 saturated heterocycles. The maximum absolute atomic E-state index is 15.0. The number of aromatic nitrogens is 3. The van der Waals surface area contributed by atoms with Crippen LogP contribution in [0.25, 0.3) is 11.0 Å². The lowest BCUT2D eigenvalue weighted by Gasteiger charge is -2.10. The Kier molecular flexibility index (Phi) is 9.13. The Morgan fingerprint density at radius 3 is 2.42 bits per heavy atom. The van der Waals surface area contributed by atoms with Crippen molar-refractivity contribution in [2.75, 3.05) is 13.2 Å². The van der Waals surface area contributed by atoms with Crippen LogP contribution in [0.2, 0.25) is 5.02 Å². The van der Waals surface area contributed by atoms with E-state index in [-0.39, 0.29) is 46.2 Å². The fourth-order valence-electron chi connectivity index (χ4n) is 4.10. The highest BCUT2D eigenvalue weighted by atomic mass is 35.5. The molecule has 6 rings (SSSR count). The minimum Gasteiger partial charge on any atom is -0.484 e. The maximum Gasteiger partial charge on any atom is 0.335 e. The minimum absolute atomic E-state index is 0.00846. The Morgan fingerprint density at radius 2 is 1.74 bits per heavy atom. The normalized spacial score (nSPS) is 12.3. The average molecular weight is 612 g/mol. The molecule has 3 aromatic carbocycles. The Labute approximate surface area is 249 Å². The van der Waals surface area contributed by atoms with Gasteiger partial charge in [0.15, 0.2) is 17.4 Å². The van der Waals surface area contributed by atoms with Crippen molar-refractivity contribution in [2.45, 2.75) is 19.4 Å². The topological polar surface area (TPSA) is 95.7 Å². The number of carboxylic acids is 1. The fourth-order valence-corrected chi connectivity index (χ4v) is 4.26. The van der Waals surface area contributed by atoms with Crippen molar-refractivity contribution in [3.05, 3.63) is 112 Å². The number of halogens is 4. The van der Waals surface area contributed by atoms with Gasteiger partial charge in [-0.05, 0) is 54.4 Å². The molecule has 0 unspecified atom stereocenters. The van der Waals surface area contributed by atoms with Crippen molar-refractivity contribution in [1.82, 2.24) is 14.5 Å². The maximum atomic E-state index is 15.0. The Hall–Kier alpha value is -4.61. The molecule has 0 radical (unpaired) electrons. The van der Waals surface area contributed by atoms with Crippen molar-refractivity contribution >= 4 is 28.6 Å². The molecule has 5 aromatic rings. The van der Waals surface area contributed by atoms with E-state index >= 15 is 0 Å². The number of benzene rings is 3. The largest absolute Gasteiger partial charge is 0.484 e. The van der Waals surface area contributed by atoms with Crippen molar-refractivity contribution in [3.8, 4) is 17.2 Å². The van der Waals surface area contributed by atoms with Crippen LogP contribution in [0.5, 0.6) is 17.2 Å². The standard InChI is InChI=1S/C28H19ClF3N3O4.C3H6O/c1-35-24-9-16(28(36)37)8-23(32)27(24)34-26(35)10-15-2-4-19(13-21(15)30)39-20-6-7-33-18(12-20)14-38-25-5-3-17(29)11-22(25)31;1-2-4-3-1/h2-9,11-13H,10,14H2,1H3,(H,36,37);1-3H2. The number of hydrogen-bond donors (Lipinski definition) is 1. The molecule has 43 heavy (non-hydrogen) atoms. The number of carboxylic acid groups (broad SMARTS) is 1. The lowest BCUT2D eigenvalue weighted by molar-refractivity contribution is 0.0367.